The third-order valence-corrected chi connectivity index (χ3v) is 5.42. The van der Waals surface area contributed by atoms with E-state index in [2.05, 4.69) is 15.7 Å². The minimum Gasteiger partial charge on any atom is -0.326 e. The highest BCUT2D eigenvalue weighted by atomic mass is 16.2. The number of carbonyl (C=O) groups excluding carboxylic acids is 2. The van der Waals surface area contributed by atoms with Crippen LogP contribution in [-0.4, -0.2) is 21.6 Å². The van der Waals surface area contributed by atoms with Crippen molar-refractivity contribution >= 4 is 23.2 Å². The molecule has 0 unspecified atom stereocenters. The standard InChI is InChI=1S/C26H22N4O2/c31-25(19-9-10-19)28-21-11-13-22(14-12-21)29-26(32)20-7-4-8-23(17-20)30-24(15-16-27-30)18-5-2-1-3-6-18/h1-8,11-17,19H,9-10H2,(H,28,31)(H,29,32). The van der Waals surface area contributed by atoms with Crippen molar-refractivity contribution in [1.82, 2.24) is 9.78 Å². The lowest BCUT2D eigenvalue weighted by Crippen LogP contribution is -2.14. The second kappa shape index (κ2) is 8.51. The summed E-state index contributed by atoms with van der Waals surface area (Å²) in [4.78, 5) is 24.7. The maximum atomic E-state index is 12.8. The second-order valence-corrected chi connectivity index (χ2v) is 7.84. The Morgan fingerprint density at radius 1 is 0.812 bits per heavy atom. The molecule has 1 aliphatic rings. The topological polar surface area (TPSA) is 76.0 Å². The van der Waals surface area contributed by atoms with Gasteiger partial charge in [0.05, 0.1) is 17.6 Å². The summed E-state index contributed by atoms with van der Waals surface area (Å²) in [5.41, 5.74) is 4.73. The van der Waals surface area contributed by atoms with E-state index >= 15 is 0 Å². The number of nitrogens with zero attached hydrogens (tertiary/aromatic N) is 2. The molecule has 0 aliphatic heterocycles. The van der Waals surface area contributed by atoms with Gasteiger partial charge in [-0.3, -0.25) is 9.59 Å². The summed E-state index contributed by atoms with van der Waals surface area (Å²) in [6.45, 7) is 0. The highest BCUT2D eigenvalue weighted by Crippen LogP contribution is 2.30. The lowest BCUT2D eigenvalue weighted by atomic mass is 10.1. The number of nitrogens with one attached hydrogen (secondary N) is 2. The Kier molecular flexibility index (Phi) is 5.25. The van der Waals surface area contributed by atoms with Crippen LogP contribution in [0.4, 0.5) is 11.4 Å². The SMILES string of the molecule is O=C(Nc1ccc(NC(=O)C2CC2)cc1)c1cccc(-n2nccc2-c2ccccc2)c1. The lowest BCUT2D eigenvalue weighted by Gasteiger charge is -2.11. The number of rotatable bonds is 6. The van der Waals surface area contributed by atoms with E-state index < -0.39 is 0 Å². The van der Waals surface area contributed by atoms with Gasteiger partial charge in [0.1, 0.15) is 0 Å². The number of anilines is 2. The first-order chi connectivity index (χ1) is 15.7. The summed E-state index contributed by atoms with van der Waals surface area (Å²) >= 11 is 0. The number of aromatic nitrogens is 2. The fourth-order valence-electron chi connectivity index (χ4n) is 3.55. The Bertz CT molecular complexity index is 1260. The van der Waals surface area contributed by atoms with Crippen LogP contribution >= 0.6 is 0 Å². The van der Waals surface area contributed by atoms with E-state index in [1.807, 2.05) is 59.3 Å². The van der Waals surface area contributed by atoms with Gasteiger partial charge in [0.2, 0.25) is 5.91 Å². The highest BCUT2D eigenvalue weighted by molar-refractivity contribution is 6.04. The summed E-state index contributed by atoms with van der Waals surface area (Å²) in [5, 5.41) is 10.3. The van der Waals surface area contributed by atoms with E-state index in [9.17, 15) is 9.59 Å². The fourth-order valence-corrected chi connectivity index (χ4v) is 3.55. The predicted molar refractivity (Wildman–Crippen MR) is 125 cm³/mol. The first kappa shape index (κ1) is 19.8. The molecule has 1 aliphatic carbocycles. The zero-order valence-corrected chi connectivity index (χ0v) is 17.4. The Balaban J connectivity index is 1.31. The van der Waals surface area contributed by atoms with Crippen LogP contribution in [0, 0.1) is 5.92 Å². The van der Waals surface area contributed by atoms with Crippen LogP contribution in [0.1, 0.15) is 23.2 Å². The maximum Gasteiger partial charge on any atom is 0.255 e. The molecule has 1 heterocycles. The minimum absolute atomic E-state index is 0.0621. The fraction of sp³-hybridized carbons (Fsp3) is 0.115. The van der Waals surface area contributed by atoms with E-state index in [-0.39, 0.29) is 17.7 Å². The highest BCUT2D eigenvalue weighted by Gasteiger charge is 2.29. The summed E-state index contributed by atoms with van der Waals surface area (Å²) in [5.74, 6) is 0.000904. The second-order valence-electron chi connectivity index (χ2n) is 7.84. The quantitative estimate of drug-likeness (QED) is 0.452. The van der Waals surface area contributed by atoms with Crippen molar-refractivity contribution in [3.8, 4) is 16.9 Å². The van der Waals surface area contributed by atoms with Gasteiger partial charge in [-0.05, 0) is 61.4 Å². The molecule has 0 atom stereocenters. The van der Waals surface area contributed by atoms with Gasteiger partial charge in [-0.2, -0.15) is 5.10 Å². The van der Waals surface area contributed by atoms with Gasteiger partial charge in [-0.15, -0.1) is 0 Å². The zero-order valence-electron chi connectivity index (χ0n) is 17.4. The molecule has 6 heteroatoms. The largest absolute Gasteiger partial charge is 0.326 e. The van der Waals surface area contributed by atoms with Gasteiger partial charge in [0, 0.05) is 28.4 Å². The number of benzene rings is 3. The van der Waals surface area contributed by atoms with Gasteiger partial charge >= 0.3 is 0 Å². The molecule has 158 valence electrons. The molecule has 32 heavy (non-hydrogen) atoms. The third-order valence-electron chi connectivity index (χ3n) is 5.42. The van der Waals surface area contributed by atoms with Crippen molar-refractivity contribution in [2.24, 2.45) is 5.92 Å². The van der Waals surface area contributed by atoms with Crippen LogP contribution < -0.4 is 10.6 Å². The summed E-state index contributed by atoms with van der Waals surface area (Å²) < 4.78 is 1.82. The van der Waals surface area contributed by atoms with Gasteiger partial charge in [0.25, 0.3) is 5.91 Å². The smallest absolute Gasteiger partial charge is 0.255 e. The van der Waals surface area contributed by atoms with Crippen LogP contribution in [0.5, 0.6) is 0 Å². The first-order valence-corrected chi connectivity index (χ1v) is 10.6. The van der Waals surface area contributed by atoms with Crippen LogP contribution in [0.15, 0.2) is 91.1 Å². The van der Waals surface area contributed by atoms with Crippen molar-refractivity contribution < 1.29 is 9.59 Å². The Morgan fingerprint density at radius 3 is 2.25 bits per heavy atom. The van der Waals surface area contributed by atoms with E-state index in [1.54, 1.807) is 36.5 Å². The van der Waals surface area contributed by atoms with Crippen molar-refractivity contribution in [3.05, 3.63) is 96.7 Å². The average Bonchev–Trinajstić information content (AvgIpc) is 3.57. The molecule has 1 fully saturated rings. The third kappa shape index (κ3) is 4.30. The Labute approximate surface area is 185 Å². The maximum absolute atomic E-state index is 12.8. The van der Waals surface area contributed by atoms with Crippen molar-refractivity contribution in [2.75, 3.05) is 10.6 Å². The molecular formula is C26H22N4O2. The van der Waals surface area contributed by atoms with E-state index in [1.165, 1.54) is 0 Å². The molecule has 4 aromatic rings. The molecule has 2 N–H and O–H groups in total. The molecule has 0 radical (unpaired) electrons. The number of hydrogen-bond acceptors (Lipinski definition) is 3. The molecule has 0 spiro atoms. The molecule has 0 bridgehead atoms. The molecule has 1 saturated carbocycles. The number of carbonyl (C=O) groups is 2. The van der Waals surface area contributed by atoms with E-state index in [4.69, 9.17) is 0 Å². The molecule has 5 rings (SSSR count). The number of amides is 2. The molecule has 3 aromatic carbocycles. The van der Waals surface area contributed by atoms with Crippen LogP contribution in [0.3, 0.4) is 0 Å². The van der Waals surface area contributed by atoms with Crippen LogP contribution in [0.25, 0.3) is 16.9 Å². The van der Waals surface area contributed by atoms with Crippen LogP contribution in [0.2, 0.25) is 0 Å². The van der Waals surface area contributed by atoms with Crippen molar-refractivity contribution in [3.63, 3.8) is 0 Å². The minimum atomic E-state index is -0.213. The summed E-state index contributed by atoms with van der Waals surface area (Å²) in [6, 6.07) is 26.5. The van der Waals surface area contributed by atoms with Gasteiger partial charge in [0.15, 0.2) is 0 Å². The zero-order chi connectivity index (χ0) is 21.9. The van der Waals surface area contributed by atoms with Crippen molar-refractivity contribution in [2.45, 2.75) is 12.8 Å². The lowest BCUT2D eigenvalue weighted by molar-refractivity contribution is -0.117. The molecule has 2 amide bonds. The monoisotopic (exact) mass is 422 g/mol. The van der Waals surface area contributed by atoms with E-state index in [0.29, 0.717) is 11.3 Å². The Morgan fingerprint density at radius 2 is 1.53 bits per heavy atom. The van der Waals surface area contributed by atoms with E-state index in [0.717, 1.165) is 35.5 Å². The Hall–Kier alpha value is -4.19. The van der Waals surface area contributed by atoms with Gasteiger partial charge < -0.3 is 10.6 Å². The van der Waals surface area contributed by atoms with Crippen molar-refractivity contribution in [1.29, 1.82) is 0 Å². The summed E-state index contributed by atoms with van der Waals surface area (Å²) in [7, 11) is 0. The average molecular weight is 422 g/mol. The normalized spacial score (nSPS) is 12.9. The van der Waals surface area contributed by atoms with Crippen LogP contribution in [-0.2, 0) is 4.79 Å². The molecular weight excluding hydrogens is 400 g/mol. The number of hydrogen-bond donors (Lipinski definition) is 2. The molecule has 0 saturated heterocycles. The predicted octanol–water partition coefficient (Wildman–Crippen LogP) is 5.14. The first-order valence-electron chi connectivity index (χ1n) is 10.6. The molecule has 6 nitrogen and oxygen atoms in total. The van der Waals surface area contributed by atoms with Gasteiger partial charge in [-0.25, -0.2) is 4.68 Å². The molecule has 1 aromatic heterocycles. The van der Waals surface area contributed by atoms with Gasteiger partial charge in [-0.1, -0.05) is 36.4 Å². The summed E-state index contributed by atoms with van der Waals surface area (Å²) in [6.07, 6.45) is 3.67.